The maximum absolute atomic E-state index is 11.9. The molecule has 0 spiro atoms. The van der Waals surface area contributed by atoms with Crippen molar-refractivity contribution >= 4 is 31.0 Å². The topological polar surface area (TPSA) is 44.8 Å². The van der Waals surface area contributed by atoms with Gasteiger partial charge in [-0.2, -0.15) is 0 Å². The Hall–Kier alpha value is -3.27. The summed E-state index contributed by atoms with van der Waals surface area (Å²) in [5.74, 6) is 1.23. The van der Waals surface area contributed by atoms with Crippen LogP contribution in [0.25, 0.3) is 5.57 Å². The normalized spacial score (nSPS) is 10.6. The van der Waals surface area contributed by atoms with E-state index in [9.17, 15) is 4.79 Å². The minimum absolute atomic E-state index is 0.330. The standard InChI is InChI=1S/C28H28O4Se/c1-30-24-14-9-21(10-15-24)28(22-11-16-25(31-2)17-12-22)23(13-18-27(29)32-3)19-20-33-26-7-5-4-6-8-26/h4-18H,19-20H2,1-3H3/b18-13+. The third kappa shape index (κ3) is 7.11. The first-order valence-corrected chi connectivity index (χ1v) is 12.7. The van der Waals surface area contributed by atoms with Crippen LogP contribution in [-0.2, 0) is 9.53 Å². The third-order valence-electron chi connectivity index (χ3n) is 5.08. The second-order valence-electron chi connectivity index (χ2n) is 7.13. The van der Waals surface area contributed by atoms with E-state index in [0.29, 0.717) is 15.0 Å². The first kappa shape index (κ1) is 24.4. The van der Waals surface area contributed by atoms with Gasteiger partial charge in [0.15, 0.2) is 0 Å². The fourth-order valence-corrected chi connectivity index (χ4v) is 5.28. The molecule has 0 amide bonds. The van der Waals surface area contributed by atoms with Crippen LogP contribution in [0.3, 0.4) is 0 Å². The number of benzene rings is 3. The molecular weight excluding hydrogens is 479 g/mol. The van der Waals surface area contributed by atoms with Gasteiger partial charge in [0.1, 0.15) is 0 Å². The molecule has 3 aromatic carbocycles. The molecule has 4 nitrogen and oxygen atoms in total. The van der Waals surface area contributed by atoms with Crippen molar-refractivity contribution in [3.05, 3.63) is 108 Å². The summed E-state index contributed by atoms with van der Waals surface area (Å²) in [5.41, 5.74) is 4.26. The molecule has 0 radical (unpaired) electrons. The van der Waals surface area contributed by atoms with E-state index in [1.54, 1.807) is 14.2 Å². The molecule has 0 aliphatic heterocycles. The van der Waals surface area contributed by atoms with Gasteiger partial charge < -0.3 is 0 Å². The van der Waals surface area contributed by atoms with Gasteiger partial charge in [-0.05, 0) is 0 Å². The van der Waals surface area contributed by atoms with Gasteiger partial charge in [0.25, 0.3) is 0 Å². The quantitative estimate of drug-likeness (QED) is 0.166. The van der Waals surface area contributed by atoms with Crippen molar-refractivity contribution in [2.24, 2.45) is 0 Å². The summed E-state index contributed by atoms with van der Waals surface area (Å²) in [6, 6.07) is 26.5. The van der Waals surface area contributed by atoms with E-state index < -0.39 is 0 Å². The summed E-state index contributed by atoms with van der Waals surface area (Å²) in [6.45, 7) is 0. The first-order valence-electron chi connectivity index (χ1n) is 10.6. The van der Waals surface area contributed by atoms with Gasteiger partial charge in [-0.25, -0.2) is 0 Å². The number of esters is 1. The van der Waals surface area contributed by atoms with Crippen molar-refractivity contribution in [2.75, 3.05) is 21.3 Å². The number of rotatable bonds is 10. The van der Waals surface area contributed by atoms with Crippen molar-refractivity contribution in [1.82, 2.24) is 0 Å². The number of hydrogen-bond acceptors (Lipinski definition) is 4. The zero-order chi connectivity index (χ0) is 23.5. The van der Waals surface area contributed by atoms with Gasteiger partial charge in [-0.1, -0.05) is 0 Å². The molecule has 0 aromatic heterocycles. The number of methoxy groups -OCH3 is 3. The Morgan fingerprint density at radius 1 is 0.758 bits per heavy atom. The van der Waals surface area contributed by atoms with Crippen molar-refractivity contribution in [3.63, 3.8) is 0 Å². The van der Waals surface area contributed by atoms with Crippen LogP contribution in [0.4, 0.5) is 0 Å². The summed E-state index contributed by atoms with van der Waals surface area (Å²) in [6.07, 6.45) is 4.21. The van der Waals surface area contributed by atoms with E-state index in [0.717, 1.165) is 45.5 Å². The van der Waals surface area contributed by atoms with Gasteiger partial charge in [0.2, 0.25) is 0 Å². The molecule has 0 heterocycles. The SMILES string of the molecule is COC(=O)/C=C/C(CC[Se]c1ccccc1)=C(c1ccc(OC)cc1)c1ccc(OC)cc1. The second-order valence-corrected chi connectivity index (χ2v) is 9.58. The monoisotopic (exact) mass is 508 g/mol. The molecule has 3 aromatic rings. The number of ether oxygens (including phenoxy) is 3. The molecule has 0 atom stereocenters. The average molecular weight is 507 g/mol. The van der Waals surface area contributed by atoms with Gasteiger partial charge in [0.05, 0.1) is 0 Å². The minimum atomic E-state index is -0.370. The van der Waals surface area contributed by atoms with E-state index in [4.69, 9.17) is 14.2 Å². The van der Waals surface area contributed by atoms with Gasteiger partial charge in [-0.3, -0.25) is 0 Å². The second kappa shape index (κ2) is 12.7. The Labute approximate surface area is 202 Å². The number of allylic oxidation sites excluding steroid dienone is 2. The molecule has 0 aliphatic carbocycles. The first-order chi connectivity index (χ1) is 16.1. The van der Waals surface area contributed by atoms with E-state index in [1.807, 2.05) is 60.7 Å². The molecule has 170 valence electrons. The maximum atomic E-state index is 11.9. The van der Waals surface area contributed by atoms with E-state index in [-0.39, 0.29) is 5.97 Å². The van der Waals surface area contributed by atoms with Crippen molar-refractivity contribution in [1.29, 1.82) is 0 Å². The third-order valence-corrected chi connectivity index (χ3v) is 7.21. The molecule has 0 fully saturated rings. The molecule has 0 saturated carbocycles. The van der Waals surface area contributed by atoms with Gasteiger partial charge in [-0.15, -0.1) is 0 Å². The molecule has 3 rings (SSSR count). The zero-order valence-corrected chi connectivity index (χ0v) is 20.8. The molecule has 0 N–H and O–H groups in total. The number of carbonyl (C=O) groups excluding carboxylic acids is 1. The van der Waals surface area contributed by atoms with E-state index >= 15 is 0 Å². The summed E-state index contributed by atoms with van der Waals surface area (Å²) in [5, 5.41) is 1.01. The predicted molar refractivity (Wildman–Crippen MR) is 134 cm³/mol. The van der Waals surface area contributed by atoms with Crippen LogP contribution >= 0.6 is 0 Å². The van der Waals surface area contributed by atoms with Crippen LogP contribution < -0.4 is 13.9 Å². The fourth-order valence-electron chi connectivity index (χ4n) is 3.38. The van der Waals surface area contributed by atoms with E-state index in [1.165, 1.54) is 17.6 Å². The van der Waals surface area contributed by atoms with Crippen LogP contribution in [-0.4, -0.2) is 42.3 Å². The Morgan fingerprint density at radius 3 is 1.79 bits per heavy atom. The van der Waals surface area contributed by atoms with E-state index in [2.05, 4.69) is 24.3 Å². The van der Waals surface area contributed by atoms with Crippen molar-refractivity contribution in [3.8, 4) is 11.5 Å². The summed E-state index contributed by atoms with van der Waals surface area (Å²) < 4.78 is 16.9. The zero-order valence-electron chi connectivity index (χ0n) is 19.1. The number of hydrogen-bond donors (Lipinski definition) is 0. The average Bonchev–Trinajstić information content (AvgIpc) is 2.88. The Bertz CT molecular complexity index is 1040. The molecular formula is C28H28O4Se. The van der Waals surface area contributed by atoms with Crippen molar-refractivity contribution in [2.45, 2.75) is 11.7 Å². The summed E-state index contributed by atoms with van der Waals surface area (Å²) in [7, 11) is 4.71. The summed E-state index contributed by atoms with van der Waals surface area (Å²) in [4.78, 5) is 11.9. The molecule has 0 aliphatic rings. The van der Waals surface area contributed by atoms with Crippen LogP contribution in [0.2, 0.25) is 5.32 Å². The Kier molecular flexibility index (Phi) is 9.37. The van der Waals surface area contributed by atoms with Gasteiger partial charge >= 0.3 is 202 Å². The molecule has 0 bridgehead atoms. The molecule has 0 saturated heterocycles. The van der Waals surface area contributed by atoms with Crippen LogP contribution in [0, 0.1) is 0 Å². The van der Waals surface area contributed by atoms with Crippen LogP contribution in [0.5, 0.6) is 11.5 Å². The fraction of sp³-hybridized carbons (Fsp3) is 0.179. The predicted octanol–water partition coefficient (Wildman–Crippen LogP) is 5.07. The van der Waals surface area contributed by atoms with Crippen molar-refractivity contribution < 1.29 is 19.0 Å². The Balaban J connectivity index is 2.05. The Morgan fingerprint density at radius 2 is 1.30 bits per heavy atom. The molecule has 33 heavy (non-hydrogen) atoms. The van der Waals surface area contributed by atoms with Crippen LogP contribution in [0.15, 0.2) is 96.6 Å². The molecule has 5 heteroatoms. The molecule has 0 unspecified atom stereocenters. The number of carbonyl (C=O) groups is 1. The summed E-state index contributed by atoms with van der Waals surface area (Å²) >= 11 is 0.330. The van der Waals surface area contributed by atoms with Gasteiger partial charge in [0, 0.05) is 0 Å². The van der Waals surface area contributed by atoms with Crippen LogP contribution in [0.1, 0.15) is 17.5 Å².